The van der Waals surface area contributed by atoms with E-state index in [0.29, 0.717) is 30.1 Å². The number of benzene rings is 1. The Labute approximate surface area is 161 Å². The van der Waals surface area contributed by atoms with Crippen LogP contribution in [0.5, 0.6) is 0 Å². The van der Waals surface area contributed by atoms with Crippen molar-refractivity contribution in [2.75, 3.05) is 24.7 Å². The van der Waals surface area contributed by atoms with Crippen molar-refractivity contribution in [2.45, 2.75) is 13.0 Å². The number of halogens is 1. The highest BCUT2D eigenvalue weighted by molar-refractivity contribution is 6.28. The predicted octanol–water partition coefficient (Wildman–Crippen LogP) is 2.67. The summed E-state index contributed by atoms with van der Waals surface area (Å²) in [6.45, 7) is 4.08. The summed E-state index contributed by atoms with van der Waals surface area (Å²) >= 11 is 6.17. The first kappa shape index (κ1) is 17.6. The van der Waals surface area contributed by atoms with Crippen LogP contribution in [0.3, 0.4) is 0 Å². The van der Waals surface area contributed by atoms with Crippen LogP contribution in [0.25, 0.3) is 22.3 Å². The van der Waals surface area contributed by atoms with Crippen molar-refractivity contribution in [2.24, 2.45) is 5.73 Å². The van der Waals surface area contributed by atoms with Crippen LogP contribution < -0.4 is 10.6 Å². The van der Waals surface area contributed by atoms with Crippen LogP contribution in [0.2, 0.25) is 5.28 Å². The molecule has 1 fully saturated rings. The number of morpholine rings is 1. The summed E-state index contributed by atoms with van der Waals surface area (Å²) in [7, 11) is 0. The fourth-order valence-electron chi connectivity index (χ4n) is 3.22. The largest absolute Gasteiger partial charge is 0.377 e. The van der Waals surface area contributed by atoms with Gasteiger partial charge in [-0.05, 0) is 42.8 Å². The molecular formula is C19H18ClN5O2. The average molecular weight is 384 g/mol. The van der Waals surface area contributed by atoms with Crippen LogP contribution >= 0.6 is 11.6 Å². The van der Waals surface area contributed by atoms with Crippen LogP contribution in [0, 0.1) is 0 Å². The van der Waals surface area contributed by atoms with Gasteiger partial charge in [0.2, 0.25) is 11.2 Å². The van der Waals surface area contributed by atoms with E-state index in [1.165, 1.54) is 0 Å². The number of carbonyl (C=O) groups is 1. The van der Waals surface area contributed by atoms with E-state index < -0.39 is 5.91 Å². The van der Waals surface area contributed by atoms with Gasteiger partial charge in [0.1, 0.15) is 5.82 Å². The molecule has 0 saturated carbocycles. The van der Waals surface area contributed by atoms with Gasteiger partial charge in [0.15, 0.2) is 5.65 Å². The number of amides is 1. The topological polar surface area (TPSA) is 94.2 Å². The van der Waals surface area contributed by atoms with Gasteiger partial charge < -0.3 is 15.4 Å². The normalized spacial score (nSPS) is 17.3. The Morgan fingerprint density at radius 1 is 1.26 bits per heavy atom. The summed E-state index contributed by atoms with van der Waals surface area (Å²) in [5.74, 6) is 0.275. The molecule has 3 aromatic rings. The number of hydrogen-bond acceptors (Lipinski definition) is 6. The molecule has 0 spiro atoms. The molecule has 0 aliphatic carbocycles. The zero-order valence-electron chi connectivity index (χ0n) is 14.7. The van der Waals surface area contributed by atoms with Crippen molar-refractivity contribution in [3.8, 4) is 11.3 Å². The van der Waals surface area contributed by atoms with Crippen molar-refractivity contribution in [3.63, 3.8) is 0 Å². The first-order valence-corrected chi connectivity index (χ1v) is 8.99. The summed E-state index contributed by atoms with van der Waals surface area (Å²) in [5.41, 5.74) is 7.77. The minimum absolute atomic E-state index is 0.145. The molecule has 8 heteroatoms. The average Bonchev–Trinajstić information content (AvgIpc) is 2.67. The summed E-state index contributed by atoms with van der Waals surface area (Å²) in [6, 6.07) is 11.0. The van der Waals surface area contributed by atoms with E-state index in [0.717, 1.165) is 23.3 Å². The Kier molecular flexibility index (Phi) is 4.63. The number of pyridine rings is 1. The van der Waals surface area contributed by atoms with Crippen LogP contribution in [0.4, 0.5) is 5.82 Å². The van der Waals surface area contributed by atoms with E-state index in [-0.39, 0.29) is 11.3 Å². The summed E-state index contributed by atoms with van der Waals surface area (Å²) < 4.78 is 5.51. The summed E-state index contributed by atoms with van der Waals surface area (Å²) in [6.07, 6.45) is 0. The molecule has 1 aliphatic rings. The highest BCUT2D eigenvalue weighted by Crippen LogP contribution is 2.29. The molecule has 4 rings (SSSR count). The SMILES string of the molecule is C[C@H]1COCCN1c1nc(Cl)nc2nc(-c3cccc(C(N)=O)c3)ccc12. The van der Waals surface area contributed by atoms with Gasteiger partial charge in [0.05, 0.1) is 30.3 Å². The van der Waals surface area contributed by atoms with Gasteiger partial charge in [-0.3, -0.25) is 4.79 Å². The fourth-order valence-corrected chi connectivity index (χ4v) is 3.38. The number of nitrogens with zero attached hydrogens (tertiary/aromatic N) is 4. The molecule has 1 atom stereocenters. The number of ether oxygens (including phenoxy) is 1. The number of fused-ring (bicyclic) bond motifs is 1. The molecule has 2 aromatic heterocycles. The number of carbonyl (C=O) groups excluding carboxylic acids is 1. The number of hydrogen-bond donors (Lipinski definition) is 1. The van der Waals surface area contributed by atoms with Crippen molar-refractivity contribution in [1.29, 1.82) is 0 Å². The van der Waals surface area contributed by atoms with Crippen LogP contribution in [0.1, 0.15) is 17.3 Å². The quantitative estimate of drug-likeness (QED) is 0.699. The Bertz CT molecular complexity index is 1030. The molecular weight excluding hydrogens is 366 g/mol. The van der Waals surface area contributed by atoms with Gasteiger partial charge >= 0.3 is 0 Å². The smallest absolute Gasteiger partial charge is 0.248 e. The Morgan fingerprint density at radius 2 is 2.11 bits per heavy atom. The molecule has 0 radical (unpaired) electrons. The third-order valence-corrected chi connectivity index (χ3v) is 4.76. The van der Waals surface area contributed by atoms with Crippen molar-refractivity contribution < 1.29 is 9.53 Å². The lowest BCUT2D eigenvalue weighted by molar-refractivity contribution is 0.0986. The maximum absolute atomic E-state index is 11.4. The molecule has 3 heterocycles. The Balaban J connectivity index is 1.81. The number of rotatable bonds is 3. The molecule has 1 amide bonds. The molecule has 0 bridgehead atoms. The number of aromatic nitrogens is 3. The molecule has 1 aliphatic heterocycles. The second-order valence-corrected chi connectivity index (χ2v) is 6.78. The number of primary amides is 1. The molecule has 1 saturated heterocycles. The number of anilines is 1. The molecule has 2 N–H and O–H groups in total. The van der Waals surface area contributed by atoms with Crippen molar-refractivity contribution in [3.05, 3.63) is 47.2 Å². The fraction of sp³-hybridized carbons (Fsp3) is 0.263. The zero-order chi connectivity index (χ0) is 19.0. The maximum Gasteiger partial charge on any atom is 0.248 e. The van der Waals surface area contributed by atoms with E-state index >= 15 is 0 Å². The summed E-state index contributed by atoms with van der Waals surface area (Å²) in [4.78, 5) is 27.0. The first-order chi connectivity index (χ1) is 13.0. The molecule has 7 nitrogen and oxygen atoms in total. The first-order valence-electron chi connectivity index (χ1n) is 8.62. The van der Waals surface area contributed by atoms with Gasteiger partial charge in [-0.15, -0.1) is 0 Å². The third-order valence-electron chi connectivity index (χ3n) is 4.59. The van der Waals surface area contributed by atoms with Crippen LogP contribution in [-0.4, -0.2) is 46.7 Å². The summed E-state index contributed by atoms with van der Waals surface area (Å²) in [5, 5.41) is 0.967. The lowest BCUT2D eigenvalue weighted by atomic mass is 10.1. The van der Waals surface area contributed by atoms with E-state index in [1.807, 2.05) is 18.2 Å². The number of nitrogens with two attached hydrogens (primary N) is 1. The highest BCUT2D eigenvalue weighted by Gasteiger charge is 2.23. The minimum atomic E-state index is -0.480. The lowest BCUT2D eigenvalue weighted by Gasteiger charge is -2.34. The van der Waals surface area contributed by atoms with Gasteiger partial charge in [-0.25, -0.2) is 4.98 Å². The Hall–Kier alpha value is -2.77. The second-order valence-electron chi connectivity index (χ2n) is 6.45. The monoisotopic (exact) mass is 383 g/mol. The van der Waals surface area contributed by atoms with Crippen molar-refractivity contribution in [1.82, 2.24) is 15.0 Å². The van der Waals surface area contributed by atoms with Gasteiger partial charge in [0, 0.05) is 17.7 Å². The second kappa shape index (κ2) is 7.09. The predicted molar refractivity (Wildman–Crippen MR) is 104 cm³/mol. The lowest BCUT2D eigenvalue weighted by Crippen LogP contribution is -2.44. The van der Waals surface area contributed by atoms with Gasteiger partial charge in [-0.2, -0.15) is 9.97 Å². The highest BCUT2D eigenvalue weighted by atomic mass is 35.5. The molecule has 0 unspecified atom stereocenters. The standard InChI is InChI=1S/C19H18ClN5O2/c1-11-10-27-8-7-25(11)18-14-5-6-15(22-17(14)23-19(20)24-18)12-3-2-4-13(9-12)16(21)26/h2-6,9,11H,7-8,10H2,1H3,(H2,21,26)/t11-/m0/s1. The third kappa shape index (κ3) is 3.43. The van der Waals surface area contributed by atoms with E-state index in [2.05, 4.69) is 26.8 Å². The Morgan fingerprint density at radius 3 is 2.89 bits per heavy atom. The molecule has 27 heavy (non-hydrogen) atoms. The van der Waals surface area contributed by atoms with E-state index in [9.17, 15) is 4.79 Å². The van der Waals surface area contributed by atoms with E-state index in [4.69, 9.17) is 22.1 Å². The minimum Gasteiger partial charge on any atom is -0.377 e. The van der Waals surface area contributed by atoms with Crippen molar-refractivity contribution >= 4 is 34.4 Å². The van der Waals surface area contributed by atoms with Gasteiger partial charge in [-0.1, -0.05) is 12.1 Å². The van der Waals surface area contributed by atoms with Crippen LogP contribution in [-0.2, 0) is 4.74 Å². The zero-order valence-corrected chi connectivity index (χ0v) is 15.5. The molecule has 1 aromatic carbocycles. The van der Waals surface area contributed by atoms with Crippen LogP contribution in [0.15, 0.2) is 36.4 Å². The molecule has 138 valence electrons. The maximum atomic E-state index is 11.4. The van der Waals surface area contributed by atoms with Gasteiger partial charge in [0.25, 0.3) is 0 Å². The van der Waals surface area contributed by atoms with E-state index in [1.54, 1.807) is 18.2 Å².